The third-order valence-electron chi connectivity index (χ3n) is 4.75. The van der Waals surface area contributed by atoms with E-state index in [4.69, 9.17) is 0 Å². The molecule has 7 nitrogen and oxygen atoms in total. The van der Waals surface area contributed by atoms with Gasteiger partial charge < -0.3 is 5.32 Å². The Morgan fingerprint density at radius 3 is 2.54 bits per heavy atom. The van der Waals surface area contributed by atoms with Crippen molar-refractivity contribution < 1.29 is 26.0 Å². The molecule has 0 spiro atoms. The number of anilines is 1. The first-order chi connectivity index (χ1) is 13.0. The summed E-state index contributed by atoms with van der Waals surface area (Å²) in [6.45, 7) is 3.11. The Labute approximate surface area is 159 Å². The lowest BCUT2D eigenvalue weighted by atomic mass is 10.1. The van der Waals surface area contributed by atoms with Crippen molar-refractivity contribution in [3.8, 4) is 0 Å². The van der Waals surface area contributed by atoms with Gasteiger partial charge in [0.2, 0.25) is 16.0 Å². The van der Waals surface area contributed by atoms with Crippen LogP contribution in [0.3, 0.4) is 0 Å². The molecule has 0 radical (unpaired) electrons. The minimum absolute atomic E-state index is 0.0247. The molecule has 0 aliphatic carbocycles. The van der Waals surface area contributed by atoms with Crippen molar-refractivity contribution in [2.45, 2.75) is 44.8 Å². The summed E-state index contributed by atoms with van der Waals surface area (Å²) in [7, 11) is -3.49. The Kier molecular flexibility index (Phi) is 5.54. The molecule has 1 N–H and O–H groups in total. The van der Waals surface area contributed by atoms with Crippen molar-refractivity contribution >= 4 is 21.5 Å². The molecule has 2 aromatic rings. The maximum atomic E-state index is 14.4. The fraction of sp³-hybridized carbons (Fsp3) is 0.625. The number of alkyl halides is 3. The van der Waals surface area contributed by atoms with E-state index in [1.807, 2.05) is 0 Å². The lowest BCUT2D eigenvalue weighted by molar-refractivity contribution is 0.145. The Morgan fingerprint density at radius 1 is 1.32 bits per heavy atom. The van der Waals surface area contributed by atoms with Crippen molar-refractivity contribution in [3.05, 3.63) is 23.3 Å². The van der Waals surface area contributed by atoms with E-state index >= 15 is 0 Å². The lowest BCUT2D eigenvalue weighted by Crippen LogP contribution is -2.49. The molecule has 156 valence electrons. The molecule has 0 bridgehead atoms. The van der Waals surface area contributed by atoms with E-state index in [1.165, 1.54) is 0 Å². The molecule has 1 aliphatic rings. The minimum Gasteiger partial charge on any atom is -0.347 e. The van der Waals surface area contributed by atoms with E-state index < -0.39 is 46.0 Å². The van der Waals surface area contributed by atoms with Crippen molar-refractivity contribution in [3.63, 3.8) is 0 Å². The number of nitrogens with zero attached hydrogens (tertiary/aromatic N) is 4. The summed E-state index contributed by atoms with van der Waals surface area (Å²) >= 11 is 0. The second-order valence-corrected chi connectivity index (χ2v) is 9.11. The summed E-state index contributed by atoms with van der Waals surface area (Å²) in [5, 5.41) is 6.85. The van der Waals surface area contributed by atoms with E-state index in [-0.39, 0.29) is 36.7 Å². The average Bonchev–Trinajstić information content (AvgIpc) is 2.88. The lowest BCUT2D eigenvalue weighted by Gasteiger charge is -2.33. The Bertz CT molecular complexity index is 979. The summed E-state index contributed by atoms with van der Waals surface area (Å²) in [4.78, 5) is 3.91. The van der Waals surface area contributed by atoms with Crippen LogP contribution >= 0.6 is 0 Å². The maximum Gasteiger partial charge on any atom is 0.268 e. The molecule has 0 amide bonds. The largest absolute Gasteiger partial charge is 0.347 e. The van der Waals surface area contributed by atoms with Crippen LogP contribution in [0, 0.1) is 5.82 Å². The summed E-state index contributed by atoms with van der Waals surface area (Å²) < 4.78 is 80.7. The van der Waals surface area contributed by atoms with Crippen LogP contribution in [0.1, 0.15) is 43.9 Å². The van der Waals surface area contributed by atoms with Crippen molar-refractivity contribution in [2.24, 2.45) is 0 Å². The van der Waals surface area contributed by atoms with Crippen LogP contribution < -0.4 is 5.32 Å². The number of hydrogen-bond acceptors (Lipinski definition) is 5. The number of hydrogen-bond donors (Lipinski definition) is 1. The minimum atomic E-state index is -3.49. The van der Waals surface area contributed by atoms with Crippen LogP contribution in [0.5, 0.6) is 0 Å². The average molecular weight is 423 g/mol. The highest BCUT2D eigenvalue weighted by atomic mass is 32.2. The van der Waals surface area contributed by atoms with E-state index in [1.54, 1.807) is 13.8 Å². The molecule has 28 heavy (non-hydrogen) atoms. The Morgan fingerprint density at radius 2 is 2.00 bits per heavy atom. The molecule has 0 saturated carbocycles. The first-order valence-corrected chi connectivity index (χ1v) is 10.6. The van der Waals surface area contributed by atoms with Gasteiger partial charge in [0.25, 0.3) is 6.43 Å². The van der Waals surface area contributed by atoms with Gasteiger partial charge in [-0.1, -0.05) is 13.8 Å². The Hall–Kier alpha value is -1.95. The molecule has 3 rings (SSSR count). The molecule has 12 heteroatoms. The van der Waals surface area contributed by atoms with Gasteiger partial charge in [0, 0.05) is 13.1 Å². The molecule has 2 atom stereocenters. The molecule has 2 aromatic heterocycles. The van der Waals surface area contributed by atoms with Crippen LogP contribution in [-0.2, 0) is 10.0 Å². The van der Waals surface area contributed by atoms with Crippen LogP contribution in [0.2, 0.25) is 0 Å². The van der Waals surface area contributed by atoms with Gasteiger partial charge in [-0.15, -0.1) is 5.10 Å². The zero-order valence-corrected chi connectivity index (χ0v) is 16.4. The number of fused-ring (bicyclic) bond motifs is 1. The molecule has 1 saturated heterocycles. The van der Waals surface area contributed by atoms with Crippen molar-refractivity contribution in [1.29, 1.82) is 0 Å². The SMILES string of the molecule is CC(C)c1c(C(F)F)c(F)c2cnc(N[C@@H]3CCN(S(C)(=O)=O)C[C@H]3F)nn12. The zero-order chi connectivity index (χ0) is 20.8. The van der Waals surface area contributed by atoms with Crippen molar-refractivity contribution in [1.82, 2.24) is 18.9 Å². The van der Waals surface area contributed by atoms with Gasteiger partial charge in [-0.2, -0.15) is 4.31 Å². The second-order valence-electron chi connectivity index (χ2n) is 7.12. The smallest absolute Gasteiger partial charge is 0.268 e. The number of halogens is 4. The third-order valence-corrected chi connectivity index (χ3v) is 6.02. The third kappa shape index (κ3) is 3.79. The molecule has 3 heterocycles. The number of sulfonamides is 1. The summed E-state index contributed by atoms with van der Waals surface area (Å²) in [5.74, 6) is -1.56. The molecule has 0 unspecified atom stereocenters. The van der Waals surface area contributed by atoms with Crippen LogP contribution in [0.25, 0.3) is 5.52 Å². The van der Waals surface area contributed by atoms with Gasteiger partial charge in [0.15, 0.2) is 5.82 Å². The number of nitrogens with one attached hydrogen (secondary N) is 1. The maximum absolute atomic E-state index is 14.4. The van der Waals surface area contributed by atoms with Crippen LogP contribution in [0.15, 0.2) is 6.20 Å². The molecule has 1 fully saturated rings. The predicted molar refractivity (Wildman–Crippen MR) is 95.3 cm³/mol. The van der Waals surface area contributed by atoms with Crippen molar-refractivity contribution in [2.75, 3.05) is 24.7 Å². The first kappa shape index (κ1) is 20.8. The summed E-state index contributed by atoms with van der Waals surface area (Å²) in [6, 6.07) is -0.757. The number of rotatable bonds is 5. The van der Waals surface area contributed by atoms with Gasteiger partial charge in [-0.05, 0) is 12.3 Å². The molecule has 1 aliphatic heterocycles. The quantitative estimate of drug-likeness (QED) is 0.748. The van der Waals surface area contributed by atoms with Gasteiger partial charge in [-0.25, -0.2) is 35.5 Å². The highest BCUT2D eigenvalue weighted by molar-refractivity contribution is 7.88. The predicted octanol–water partition coefficient (Wildman–Crippen LogP) is 2.71. The van der Waals surface area contributed by atoms with E-state index in [9.17, 15) is 26.0 Å². The molecular weight excluding hydrogens is 402 g/mol. The number of aromatic nitrogens is 3. The van der Waals surface area contributed by atoms with E-state index in [0.717, 1.165) is 21.3 Å². The van der Waals surface area contributed by atoms with E-state index in [2.05, 4.69) is 15.4 Å². The fourth-order valence-corrected chi connectivity index (χ4v) is 4.24. The van der Waals surface area contributed by atoms with Gasteiger partial charge in [-0.3, -0.25) is 0 Å². The summed E-state index contributed by atoms with van der Waals surface area (Å²) in [6.07, 6.45) is -2.26. The molecule has 0 aromatic carbocycles. The monoisotopic (exact) mass is 423 g/mol. The van der Waals surface area contributed by atoms with Crippen LogP contribution in [-0.4, -0.2) is 58.9 Å². The topological polar surface area (TPSA) is 79.6 Å². The second kappa shape index (κ2) is 7.47. The standard InChI is InChI=1S/C16H21F4N5O2S/c1-8(2)14-12(15(19)20)13(18)11-6-21-16(23-25(11)14)22-10-4-5-24(7-9(10)17)28(3,26)27/h6,8-10,15H,4-5,7H2,1-3H3,(H,22,23)/t9-,10-/m1/s1. The highest BCUT2D eigenvalue weighted by Gasteiger charge is 2.34. The van der Waals surface area contributed by atoms with Gasteiger partial charge in [0.1, 0.15) is 11.7 Å². The van der Waals surface area contributed by atoms with Gasteiger partial charge >= 0.3 is 0 Å². The normalized spacial score (nSPS) is 21.8. The van der Waals surface area contributed by atoms with Crippen LogP contribution in [0.4, 0.5) is 23.5 Å². The highest BCUT2D eigenvalue weighted by Crippen LogP contribution is 2.34. The molecular formula is C16H21F4N5O2S. The zero-order valence-electron chi connectivity index (χ0n) is 15.5. The van der Waals surface area contributed by atoms with Gasteiger partial charge in [0.05, 0.1) is 29.8 Å². The Balaban J connectivity index is 1.90. The number of piperidine rings is 1. The fourth-order valence-electron chi connectivity index (χ4n) is 3.39. The van der Waals surface area contributed by atoms with E-state index in [0.29, 0.717) is 0 Å². The first-order valence-electron chi connectivity index (χ1n) is 8.71. The summed E-state index contributed by atoms with van der Waals surface area (Å²) in [5.41, 5.74) is -0.879.